The molecule has 0 spiro atoms. The Labute approximate surface area is 168 Å². The van der Waals surface area contributed by atoms with Gasteiger partial charge in [0, 0.05) is 0 Å². The van der Waals surface area contributed by atoms with Crippen molar-refractivity contribution in [1.29, 1.82) is 0 Å². The van der Waals surface area contributed by atoms with Crippen LogP contribution in [0.1, 0.15) is 77.0 Å². The van der Waals surface area contributed by atoms with E-state index in [0.29, 0.717) is 12.3 Å². The lowest BCUT2D eigenvalue weighted by Gasteiger charge is -2.31. The van der Waals surface area contributed by atoms with Gasteiger partial charge in [-0.25, -0.2) is 4.79 Å². The van der Waals surface area contributed by atoms with Gasteiger partial charge in [-0.3, -0.25) is 4.79 Å². The number of ether oxygens (including phenoxy) is 2. The summed E-state index contributed by atoms with van der Waals surface area (Å²) < 4.78 is 10.1. The molecule has 0 radical (unpaired) electrons. The van der Waals surface area contributed by atoms with Crippen LogP contribution in [0, 0.1) is 11.8 Å². The van der Waals surface area contributed by atoms with Gasteiger partial charge in [-0.2, -0.15) is 0 Å². The first kappa shape index (κ1) is 22.4. The van der Waals surface area contributed by atoms with Crippen LogP contribution in [0.3, 0.4) is 0 Å². The lowest BCUT2D eigenvalue weighted by atomic mass is 9.73. The summed E-state index contributed by atoms with van der Waals surface area (Å²) in [6.07, 6.45) is 16.5. The van der Waals surface area contributed by atoms with E-state index in [1.54, 1.807) is 0 Å². The smallest absolute Gasteiger partial charge is 0.407 e. The molecular weight excluding hydrogens is 358 g/mol. The summed E-state index contributed by atoms with van der Waals surface area (Å²) in [5.41, 5.74) is 0. The molecular formula is C22H35NO5. The number of carbonyl (C=O) groups is 3. The summed E-state index contributed by atoms with van der Waals surface area (Å²) in [5.74, 6) is 0.302. The van der Waals surface area contributed by atoms with E-state index in [4.69, 9.17) is 9.47 Å². The maximum atomic E-state index is 11.8. The highest BCUT2D eigenvalue weighted by Gasteiger charge is 2.35. The number of nitrogens with one attached hydrogen (secondary N) is 1. The number of hydrogen-bond donors (Lipinski definition) is 1. The van der Waals surface area contributed by atoms with E-state index in [2.05, 4.69) is 17.5 Å². The third-order valence-electron chi connectivity index (χ3n) is 5.89. The second kappa shape index (κ2) is 12.6. The molecule has 2 aliphatic carbocycles. The van der Waals surface area contributed by atoms with Crippen LogP contribution in [0.25, 0.3) is 0 Å². The van der Waals surface area contributed by atoms with Crippen LogP contribution in [-0.2, 0) is 19.1 Å². The zero-order chi connectivity index (χ0) is 20.2. The maximum Gasteiger partial charge on any atom is 0.407 e. The van der Waals surface area contributed by atoms with Gasteiger partial charge in [-0.1, -0.05) is 31.4 Å². The molecule has 0 saturated heterocycles. The predicted molar refractivity (Wildman–Crippen MR) is 107 cm³/mol. The van der Waals surface area contributed by atoms with Gasteiger partial charge in [-0.15, -0.1) is 0 Å². The molecule has 0 aromatic heterocycles. The molecule has 0 bridgehead atoms. The van der Waals surface area contributed by atoms with Crippen molar-refractivity contribution in [2.75, 3.05) is 7.11 Å². The number of amides is 1. The molecule has 28 heavy (non-hydrogen) atoms. The van der Waals surface area contributed by atoms with Crippen molar-refractivity contribution in [1.82, 2.24) is 5.32 Å². The van der Waals surface area contributed by atoms with Crippen molar-refractivity contribution in [2.45, 2.75) is 89.2 Å². The van der Waals surface area contributed by atoms with Crippen molar-refractivity contribution in [3.05, 3.63) is 12.2 Å². The van der Waals surface area contributed by atoms with Gasteiger partial charge in [0.2, 0.25) is 0 Å². The molecule has 2 aliphatic rings. The largest absolute Gasteiger partial charge is 0.469 e. The predicted octanol–water partition coefficient (Wildman–Crippen LogP) is 4.32. The van der Waals surface area contributed by atoms with Crippen LogP contribution in [0.5, 0.6) is 0 Å². The van der Waals surface area contributed by atoms with Crippen molar-refractivity contribution < 1.29 is 23.9 Å². The van der Waals surface area contributed by atoms with E-state index in [-0.39, 0.29) is 18.0 Å². The van der Waals surface area contributed by atoms with Gasteiger partial charge in [0.05, 0.1) is 19.1 Å². The van der Waals surface area contributed by atoms with E-state index in [0.717, 1.165) is 76.9 Å². The topological polar surface area (TPSA) is 81.7 Å². The Morgan fingerprint density at radius 3 is 2.46 bits per heavy atom. The molecule has 0 heterocycles. The number of rotatable bonds is 12. The molecule has 0 aliphatic heterocycles. The highest BCUT2D eigenvalue weighted by molar-refractivity contribution is 5.74. The molecule has 0 unspecified atom stereocenters. The summed E-state index contributed by atoms with van der Waals surface area (Å²) in [6.45, 7) is 0. The second-order valence-electron chi connectivity index (χ2n) is 7.99. The number of allylic oxidation sites excluding steroid dienone is 2. The average Bonchev–Trinajstić information content (AvgIpc) is 3.17. The molecule has 6 heteroatoms. The van der Waals surface area contributed by atoms with Crippen LogP contribution in [0.15, 0.2) is 12.2 Å². The Kier molecular flexibility index (Phi) is 10.1. The highest BCUT2D eigenvalue weighted by Crippen LogP contribution is 2.36. The number of carbonyl (C=O) groups excluding carboxylic acids is 3. The Morgan fingerprint density at radius 2 is 1.82 bits per heavy atom. The minimum absolute atomic E-state index is 0.0168. The molecule has 6 nitrogen and oxygen atoms in total. The van der Waals surface area contributed by atoms with E-state index in [9.17, 15) is 14.4 Å². The Bertz CT molecular complexity index is 527. The summed E-state index contributed by atoms with van der Waals surface area (Å²) in [6, 6.07) is -0.456. The monoisotopic (exact) mass is 393 g/mol. The van der Waals surface area contributed by atoms with Crippen LogP contribution >= 0.6 is 0 Å². The van der Waals surface area contributed by atoms with Gasteiger partial charge in [0.1, 0.15) is 12.4 Å². The van der Waals surface area contributed by atoms with Crippen molar-refractivity contribution in [3.8, 4) is 0 Å². The number of unbranched alkanes of at least 4 members (excludes halogenated alkanes) is 4. The van der Waals surface area contributed by atoms with Crippen molar-refractivity contribution in [3.63, 3.8) is 0 Å². The number of esters is 1. The fourth-order valence-electron chi connectivity index (χ4n) is 3.97. The molecule has 158 valence electrons. The average molecular weight is 394 g/mol. The van der Waals surface area contributed by atoms with Crippen LogP contribution in [-0.4, -0.2) is 37.6 Å². The number of hydrogen-bond acceptors (Lipinski definition) is 5. The lowest BCUT2D eigenvalue weighted by molar-refractivity contribution is -0.150. The number of aldehydes is 1. The Morgan fingerprint density at radius 1 is 1.07 bits per heavy atom. The van der Waals surface area contributed by atoms with Gasteiger partial charge in [-0.05, 0) is 63.7 Å². The zero-order valence-electron chi connectivity index (χ0n) is 17.1. The fourth-order valence-corrected chi connectivity index (χ4v) is 3.97. The molecule has 2 saturated carbocycles. The van der Waals surface area contributed by atoms with Gasteiger partial charge in [0.25, 0.3) is 0 Å². The van der Waals surface area contributed by atoms with E-state index < -0.39 is 12.1 Å². The van der Waals surface area contributed by atoms with Crippen molar-refractivity contribution >= 4 is 18.3 Å². The SMILES string of the molecule is COC(=O)[C@H]1CC[C@H]1/C=C\CCCCCC[C@@H](C=O)NC(=O)OC1CCCC1. The quantitative estimate of drug-likeness (QED) is 0.231. The first-order valence-corrected chi connectivity index (χ1v) is 10.8. The normalized spacial score (nSPS) is 23.2. The summed E-state index contributed by atoms with van der Waals surface area (Å²) >= 11 is 0. The zero-order valence-corrected chi connectivity index (χ0v) is 17.1. The van der Waals surface area contributed by atoms with Crippen molar-refractivity contribution in [2.24, 2.45) is 11.8 Å². The second-order valence-corrected chi connectivity index (χ2v) is 7.99. The summed E-state index contributed by atoms with van der Waals surface area (Å²) in [7, 11) is 1.45. The van der Waals surface area contributed by atoms with E-state index in [1.165, 1.54) is 7.11 Å². The Hall–Kier alpha value is -1.85. The van der Waals surface area contributed by atoms with Gasteiger partial charge in [0.15, 0.2) is 0 Å². The van der Waals surface area contributed by atoms with Crippen LogP contribution < -0.4 is 5.32 Å². The number of alkyl carbamates (subject to hydrolysis) is 1. The third-order valence-corrected chi connectivity index (χ3v) is 5.89. The van der Waals surface area contributed by atoms with E-state index in [1.807, 2.05) is 0 Å². The fraction of sp³-hybridized carbons (Fsp3) is 0.773. The molecule has 3 atom stereocenters. The number of methoxy groups -OCH3 is 1. The Balaban J connectivity index is 1.48. The molecule has 2 fully saturated rings. The van der Waals surface area contributed by atoms with Gasteiger partial charge < -0.3 is 19.6 Å². The third kappa shape index (κ3) is 7.64. The maximum absolute atomic E-state index is 11.8. The summed E-state index contributed by atoms with van der Waals surface area (Å²) in [4.78, 5) is 34.5. The standard InChI is InChI=1S/C22H35NO5/c1-27-21(25)20-15-14-17(20)10-6-4-2-3-5-7-11-18(16-24)23-22(26)28-19-12-8-9-13-19/h6,10,16-20H,2-5,7-9,11-15H2,1H3,(H,23,26)/b10-6-/t17-,18+,20+/m1/s1. The van der Waals surface area contributed by atoms with Gasteiger partial charge >= 0.3 is 12.1 Å². The molecule has 0 aromatic carbocycles. The molecule has 2 rings (SSSR count). The van der Waals surface area contributed by atoms with Crippen LogP contribution in [0.4, 0.5) is 4.79 Å². The molecule has 0 aromatic rings. The molecule has 1 amide bonds. The highest BCUT2D eigenvalue weighted by atomic mass is 16.6. The minimum atomic E-state index is -0.463. The summed E-state index contributed by atoms with van der Waals surface area (Å²) in [5, 5.41) is 2.67. The first-order chi connectivity index (χ1) is 13.6. The first-order valence-electron chi connectivity index (χ1n) is 10.8. The lowest BCUT2D eigenvalue weighted by Crippen LogP contribution is -2.37. The minimum Gasteiger partial charge on any atom is -0.469 e. The molecule has 1 N–H and O–H groups in total. The van der Waals surface area contributed by atoms with Crippen LogP contribution in [0.2, 0.25) is 0 Å². The van der Waals surface area contributed by atoms with E-state index >= 15 is 0 Å².